The van der Waals surface area contributed by atoms with Gasteiger partial charge in [0, 0.05) is 17.4 Å². The van der Waals surface area contributed by atoms with E-state index >= 15 is 4.39 Å². The molecule has 1 heteroatoms. The molecule has 0 atom stereocenters. The van der Waals surface area contributed by atoms with Gasteiger partial charge in [0.15, 0.2) is 0 Å². The van der Waals surface area contributed by atoms with Gasteiger partial charge in [-0.25, -0.2) is 4.39 Å². The van der Waals surface area contributed by atoms with Crippen LogP contribution in [0.2, 0.25) is 0 Å². The van der Waals surface area contributed by atoms with E-state index in [1.165, 1.54) is 55.6 Å². The standard InChI is InChI=1S/C44H29F/c1-26-22-23-27(2)41-38(26)40-30-14-5-9-19-35(30)43(41,36-20-10-6-15-31(36)40)24-25-44-33-17-7-3-12-28(33)39(29-13-4-8-18-34(29)44)32-16-11-21-37(45)42(32)44/h3-23,39-40H,1-2H3. The van der Waals surface area contributed by atoms with Crippen molar-refractivity contribution < 1.29 is 4.39 Å². The highest BCUT2D eigenvalue weighted by molar-refractivity contribution is 5.80. The largest absolute Gasteiger partial charge is 0.207 e. The van der Waals surface area contributed by atoms with Gasteiger partial charge in [0.2, 0.25) is 0 Å². The summed E-state index contributed by atoms with van der Waals surface area (Å²) in [5.74, 6) is 8.04. The van der Waals surface area contributed by atoms with E-state index in [4.69, 9.17) is 0 Å². The molecule has 6 aromatic carbocycles. The Kier molecular flexibility index (Phi) is 4.75. The molecule has 6 aliphatic carbocycles. The normalized spacial score (nSPS) is 23.4. The molecule has 6 aromatic rings. The first-order valence-corrected chi connectivity index (χ1v) is 15.9. The van der Waals surface area contributed by atoms with Crippen LogP contribution in [0.3, 0.4) is 0 Å². The maximum Gasteiger partial charge on any atom is 0.128 e. The lowest BCUT2D eigenvalue weighted by Crippen LogP contribution is -2.44. The SMILES string of the molecule is Cc1ccc(C)c2c1C1c3ccccc3C2(C#CC23c4ccccc4C(c4ccccc42)c2cccc(F)c23)c2ccccc21. The molecule has 4 bridgehead atoms. The molecule has 45 heavy (non-hydrogen) atoms. The van der Waals surface area contributed by atoms with Gasteiger partial charge in [0.05, 0.1) is 0 Å². The molecule has 0 heterocycles. The van der Waals surface area contributed by atoms with Gasteiger partial charge < -0.3 is 0 Å². The van der Waals surface area contributed by atoms with Gasteiger partial charge in [-0.1, -0.05) is 133 Å². The third-order valence-corrected chi connectivity index (χ3v) is 11.2. The van der Waals surface area contributed by atoms with Crippen LogP contribution >= 0.6 is 0 Å². The topological polar surface area (TPSA) is 0 Å². The Labute approximate surface area is 263 Å². The lowest BCUT2D eigenvalue weighted by molar-refractivity contribution is 0.558. The van der Waals surface area contributed by atoms with Crippen molar-refractivity contribution in [3.05, 3.63) is 211 Å². The first kappa shape index (κ1) is 25.2. The number of aryl methyl sites for hydroxylation is 2. The van der Waals surface area contributed by atoms with E-state index in [2.05, 4.69) is 141 Å². The zero-order chi connectivity index (χ0) is 30.1. The highest BCUT2D eigenvalue weighted by Gasteiger charge is 2.55. The summed E-state index contributed by atoms with van der Waals surface area (Å²) in [6, 6.07) is 45.1. The Hall–Kier alpha value is -5.19. The van der Waals surface area contributed by atoms with E-state index in [1.54, 1.807) is 6.07 Å². The van der Waals surface area contributed by atoms with Crippen LogP contribution < -0.4 is 0 Å². The smallest absolute Gasteiger partial charge is 0.128 e. The lowest BCUT2D eigenvalue weighted by Gasteiger charge is -2.50. The van der Waals surface area contributed by atoms with Gasteiger partial charge in [-0.3, -0.25) is 0 Å². The average molecular weight is 577 g/mol. The number of hydrogen-bond donors (Lipinski definition) is 0. The van der Waals surface area contributed by atoms with Crippen molar-refractivity contribution in [3.63, 3.8) is 0 Å². The zero-order valence-corrected chi connectivity index (χ0v) is 25.2. The van der Waals surface area contributed by atoms with Crippen molar-refractivity contribution in [1.29, 1.82) is 0 Å². The monoisotopic (exact) mass is 576 g/mol. The first-order valence-electron chi connectivity index (χ1n) is 15.9. The summed E-state index contributed by atoms with van der Waals surface area (Å²) in [7, 11) is 0. The molecular weight excluding hydrogens is 547 g/mol. The van der Waals surface area contributed by atoms with Gasteiger partial charge in [0.1, 0.15) is 16.6 Å². The quantitative estimate of drug-likeness (QED) is 0.158. The molecule has 12 rings (SSSR count). The lowest BCUT2D eigenvalue weighted by atomic mass is 9.50. The fourth-order valence-corrected chi connectivity index (χ4v) is 9.63. The van der Waals surface area contributed by atoms with E-state index in [-0.39, 0.29) is 17.7 Å². The van der Waals surface area contributed by atoms with Crippen molar-refractivity contribution in [2.75, 3.05) is 0 Å². The van der Waals surface area contributed by atoms with Gasteiger partial charge in [-0.05, 0) is 92.2 Å². The predicted molar refractivity (Wildman–Crippen MR) is 178 cm³/mol. The highest BCUT2D eigenvalue weighted by Crippen LogP contribution is 2.62. The van der Waals surface area contributed by atoms with Gasteiger partial charge in [0.25, 0.3) is 0 Å². The first-order chi connectivity index (χ1) is 22.1. The summed E-state index contributed by atoms with van der Waals surface area (Å²) in [6.45, 7) is 4.47. The molecule has 0 fully saturated rings. The summed E-state index contributed by atoms with van der Waals surface area (Å²) in [5, 5.41) is 0. The minimum absolute atomic E-state index is 0.0119. The minimum atomic E-state index is -0.951. The molecule has 0 aliphatic heterocycles. The molecule has 0 unspecified atom stereocenters. The van der Waals surface area contributed by atoms with E-state index in [0.29, 0.717) is 5.56 Å². The van der Waals surface area contributed by atoms with Crippen LogP contribution in [0.25, 0.3) is 0 Å². The van der Waals surface area contributed by atoms with Crippen LogP contribution in [-0.2, 0) is 10.8 Å². The second-order valence-corrected chi connectivity index (χ2v) is 13.2. The maximum absolute atomic E-state index is 16.5. The predicted octanol–water partition coefficient (Wildman–Crippen LogP) is 9.43. The third kappa shape index (κ3) is 2.81. The van der Waals surface area contributed by atoms with Crippen molar-refractivity contribution >= 4 is 0 Å². The van der Waals surface area contributed by atoms with Crippen LogP contribution in [-0.4, -0.2) is 0 Å². The van der Waals surface area contributed by atoms with E-state index in [9.17, 15) is 0 Å². The molecule has 0 spiro atoms. The maximum atomic E-state index is 16.5. The van der Waals surface area contributed by atoms with Gasteiger partial charge in [-0.2, -0.15) is 0 Å². The van der Waals surface area contributed by atoms with Crippen LogP contribution in [0.4, 0.5) is 4.39 Å². The van der Waals surface area contributed by atoms with Crippen molar-refractivity contribution in [2.45, 2.75) is 36.5 Å². The summed E-state index contributed by atoms with van der Waals surface area (Å²) >= 11 is 0. The summed E-state index contributed by atoms with van der Waals surface area (Å²) in [6.07, 6.45) is 0. The number of hydrogen-bond acceptors (Lipinski definition) is 0. The summed E-state index contributed by atoms with van der Waals surface area (Å²) < 4.78 is 16.5. The van der Waals surface area contributed by atoms with E-state index in [0.717, 1.165) is 16.7 Å². The van der Waals surface area contributed by atoms with Crippen LogP contribution in [0.5, 0.6) is 0 Å². The zero-order valence-electron chi connectivity index (χ0n) is 25.2. The third-order valence-electron chi connectivity index (χ3n) is 11.2. The molecule has 6 aliphatic rings. The van der Waals surface area contributed by atoms with Crippen LogP contribution in [0.15, 0.2) is 127 Å². The fourth-order valence-electron chi connectivity index (χ4n) is 9.63. The summed E-state index contributed by atoms with van der Waals surface area (Å²) in [5.41, 5.74) is 15.1. The Morgan fingerprint density at radius 2 is 0.867 bits per heavy atom. The fraction of sp³-hybridized carbons (Fsp3) is 0.136. The van der Waals surface area contributed by atoms with Crippen LogP contribution in [0, 0.1) is 31.5 Å². The molecule has 0 saturated heterocycles. The minimum Gasteiger partial charge on any atom is -0.207 e. The molecule has 212 valence electrons. The van der Waals surface area contributed by atoms with Crippen molar-refractivity contribution in [1.82, 2.24) is 0 Å². The second kappa shape index (κ2) is 8.50. The molecule has 0 radical (unpaired) electrons. The number of benzene rings is 6. The molecule has 0 amide bonds. The molecular formula is C44H29F. The van der Waals surface area contributed by atoms with Gasteiger partial charge >= 0.3 is 0 Å². The second-order valence-electron chi connectivity index (χ2n) is 13.2. The molecule has 0 aromatic heterocycles. The highest BCUT2D eigenvalue weighted by atomic mass is 19.1. The Morgan fingerprint density at radius 3 is 1.40 bits per heavy atom. The van der Waals surface area contributed by atoms with Crippen LogP contribution in [0.1, 0.15) is 89.7 Å². The van der Waals surface area contributed by atoms with Crippen molar-refractivity contribution in [2.24, 2.45) is 0 Å². The number of rotatable bonds is 0. The van der Waals surface area contributed by atoms with E-state index < -0.39 is 10.8 Å². The van der Waals surface area contributed by atoms with E-state index in [1.807, 2.05) is 6.07 Å². The molecule has 0 saturated carbocycles. The van der Waals surface area contributed by atoms with Gasteiger partial charge in [-0.15, -0.1) is 0 Å². The Morgan fingerprint density at radius 1 is 0.444 bits per heavy atom. The number of halogens is 1. The Bertz CT molecular complexity index is 2250. The summed E-state index contributed by atoms with van der Waals surface area (Å²) in [4.78, 5) is 0. The average Bonchev–Trinajstić information content (AvgIpc) is 3.09. The van der Waals surface area contributed by atoms with Crippen molar-refractivity contribution in [3.8, 4) is 11.8 Å². The Balaban J connectivity index is 1.41. The molecule has 0 N–H and O–H groups in total. The molecule has 0 nitrogen and oxygen atoms in total.